The molecule has 0 aliphatic heterocycles. The Morgan fingerprint density at radius 1 is 1.27 bits per heavy atom. The summed E-state index contributed by atoms with van der Waals surface area (Å²) in [5.74, 6) is 1.57. The zero-order valence-electron chi connectivity index (χ0n) is 14.6. The fourth-order valence-corrected chi connectivity index (χ4v) is 3.81. The van der Waals surface area contributed by atoms with E-state index in [2.05, 4.69) is 39.8 Å². The molecule has 0 spiro atoms. The van der Waals surface area contributed by atoms with Crippen LogP contribution in [0.5, 0.6) is 11.5 Å². The first-order valence-electron chi connectivity index (χ1n) is 8.51. The van der Waals surface area contributed by atoms with Gasteiger partial charge in [-0.15, -0.1) is 0 Å². The summed E-state index contributed by atoms with van der Waals surface area (Å²) in [6.45, 7) is 10.6. The molecule has 22 heavy (non-hydrogen) atoms. The lowest BCUT2D eigenvalue weighted by Gasteiger charge is -2.34. The standard InChI is InChI=1S/C20H30O2/c1-12(2)7-6-8-13(3)16-10-9-14(4)18-17(16)11-15(5)19(21)20(18)22/h7,11,13-14,16,21-22H,6,8-10H2,1-5H3. The van der Waals surface area contributed by atoms with Gasteiger partial charge in [0.1, 0.15) is 0 Å². The molecule has 3 unspecified atom stereocenters. The number of rotatable bonds is 4. The lowest BCUT2D eigenvalue weighted by Crippen LogP contribution is -2.19. The Morgan fingerprint density at radius 2 is 1.95 bits per heavy atom. The molecule has 0 bridgehead atoms. The van der Waals surface area contributed by atoms with E-state index < -0.39 is 0 Å². The molecule has 0 radical (unpaired) electrons. The van der Waals surface area contributed by atoms with Crippen LogP contribution in [0.4, 0.5) is 0 Å². The van der Waals surface area contributed by atoms with Gasteiger partial charge in [0.2, 0.25) is 0 Å². The van der Waals surface area contributed by atoms with Gasteiger partial charge < -0.3 is 10.2 Å². The van der Waals surface area contributed by atoms with Crippen LogP contribution in [-0.2, 0) is 0 Å². The monoisotopic (exact) mass is 302 g/mol. The maximum absolute atomic E-state index is 10.4. The maximum Gasteiger partial charge on any atom is 0.161 e. The third-order valence-corrected chi connectivity index (χ3v) is 5.20. The molecule has 2 heteroatoms. The van der Waals surface area contributed by atoms with Gasteiger partial charge in [0.15, 0.2) is 11.5 Å². The van der Waals surface area contributed by atoms with Crippen molar-refractivity contribution in [2.45, 2.75) is 72.1 Å². The van der Waals surface area contributed by atoms with Crippen molar-refractivity contribution in [1.29, 1.82) is 0 Å². The minimum atomic E-state index is 0.0587. The van der Waals surface area contributed by atoms with Gasteiger partial charge in [0.25, 0.3) is 0 Å². The fraction of sp³-hybridized carbons (Fsp3) is 0.600. The zero-order valence-corrected chi connectivity index (χ0v) is 14.6. The number of fused-ring (bicyclic) bond motifs is 1. The Labute approximate surface area is 134 Å². The second kappa shape index (κ2) is 6.76. The molecule has 0 fully saturated rings. The van der Waals surface area contributed by atoms with Gasteiger partial charge in [0, 0.05) is 5.56 Å². The summed E-state index contributed by atoms with van der Waals surface area (Å²) in [4.78, 5) is 0. The summed E-state index contributed by atoms with van der Waals surface area (Å²) in [7, 11) is 0. The Kier molecular flexibility index (Phi) is 5.20. The van der Waals surface area contributed by atoms with Crippen molar-refractivity contribution in [2.24, 2.45) is 5.92 Å². The van der Waals surface area contributed by atoms with Crippen molar-refractivity contribution in [3.63, 3.8) is 0 Å². The molecule has 2 nitrogen and oxygen atoms in total. The molecule has 0 heterocycles. The molecule has 0 amide bonds. The molecule has 3 atom stereocenters. The summed E-state index contributed by atoms with van der Waals surface area (Å²) < 4.78 is 0. The highest BCUT2D eigenvalue weighted by Crippen LogP contribution is 2.50. The Morgan fingerprint density at radius 3 is 2.59 bits per heavy atom. The van der Waals surface area contributed by atoms with Crippen LogP contribution in [0.1, 0.15) is 81.9 Å². The van der Waals surface area contributed by atoms with E-state index >= 15 is 0 Å². The fourth-order valence-electron chi connectivity index (χ4n) is 3.81. The molecule has 1 aliphatic rings. The first-order valence-corrected chi connectivity index (χ1v) is 8.51. The van der Waals surface area contributed by atoms with E-state index in [1.807, 2.05) is 6.92 Å². The number of phenolic OH excluding ortho intramolecular Hbond substituents is 2. The van der Waals surface area contributed by atoms with Gasteiger partial charge in [-0.25, -0.2) is 0 Å². The molecular weight excluding hydrogens is 272 g/mol. The quantitative estimate of drug-likeness (QED) is 0.547. The molecule has 2 rings (SSSR count). The molecule has 0 aromatic heterocycles. The highest BCUT2D eigenvalue weighted by molar-refractivity contribution is 5.56. The zero-order chi connectivity index (χ0) is 16.4. The first kappa shape index (κ1) is 16.9. The molecule has 2 N–H and O–H groups in total. The van der Waals surface area contributed by atoms with Crippen LogP contribution in [0.2, 0.25) is 0 Å². The minimum Gasteiger partial charge on any atom is -0.504 e. The molecular formula is C20H30O2. The third-order valence-electron chi connectivity index (χ3n) is 5.20. The van der Waals surface area contributed by atoms with Crippen LogP contribution in [0.3, 0.4) is 0 Å². The van der Waals surface area contributed by atoms with Crippen LogP contribution in [0.25, 0.3) is 0 Å². The van der Waals surface area contributed by atoms with Crippen molar-refractivity contribution >= 4 is 0 Å². The smallest absolute Gasteiger partial charge is 0.161 e. The molecule has 1 aromatic rings. The first-order chi connectivity index (χ1) is 10.3. The molecule has 1 aromatic carbocycles. The number of hydrogen-bond donors (Lipinski definition) is 2. The SMILES string of the molecule is CC(C)=CCCC(C)C1CCC(C)c2c1cc(C)c(O)c2O. The predicted octanol–water partition coefficient (Wildman–Crippen LogP) is 5.77. The molecule has 0 saturated carbocycles. The van der Waals surface area contributed by atoms with E-state index in [0.717, 1.165) is 24.0 Å². The van der Waals surface area contributed by atoms with Gasteiger partial charge in [-0.1, -0.05) is 31.6 Å². The largest absolute Gasteiger partial charge is 0.504 e. The van der Waals surface area contributed by atoms with Crippen molar-refractivity contribution in [3.8, 4) is 11.5 Å². The minimum absolute atomic E-state index is 0.0587. The number of benzene rings is 1. The topological polar surface area (TPSA) is 40.5 Å². The van der Waals surface area contributed by atoms with Crippen molar-refractivity contribution < 1.29 is 10.2 Å². The van der Waals surface area contributed by atoms with E-state index in [0.29, 0.717) is 17.8 Å². The highest BCUT2D eigenvalue weighted by Gasteiger charge is 2.32. The lowest BCUT2D eigenvalue weighted by atomic mass is 9.70. The van der Waals surface area contributed by atoms with Crippen LogP contribution in [-0.4, -0.2) is 10.2 Å². The van der Waals surface area contributed by atoms with Gasteiger partial charge in [-0.05, 0) is 75.3 Å². The number of allylic oxidation sites excluding steroid dienone is 2. The van der Waals surface area contributed by atoms with E-state index in [9.17, 15) is 10.2 Å². The van der Waals surface area contributed by atoms with Crippen LogP contribution < -0.4 is 0 Å². The van der Waals surface area contributed by atoms with E-state index in [4.69, 9.17) is 0 Å². The Bertz CT molecular complexity index is 568. The van der Waals surface area contributed by atoms with Crippen molar-refractivity contribution in [2.75, 3.05) is 0 Å². The van der Waals surface area contributed by atoms with Crippen molar-refractivity contribution in [1.82, 2.24) is 0 Å². The van der Waals surface area contributed by atoms with Crippen LogP contribution in [0.15, 0.2) is 17.7 Å². The predicted molar refractivity (Wildman–Crippen MR) is 92.7 cm³/mol. The van der Waals surface area contributed by atoms with E-state index in [-0.39, 0.29) is 11.5 Å². The average Bonchev–Trinajstić information content (AvgIpc) is 2.44. The van der Waals surface area contributed by atoms with E-state index in [1.165, 1.54) is 24.0 Å². The lowest BCUT2D eigenvalue weighted by molar-refractivity contribution is 0.350. The second-order valence-electron chi connectivity index (χ2n) is 7.31. The third kappa shape index (κ3) is 3.31. The van der Waals surface area contributed by atoms with Gasteiger partial charge in [0.05, 0.1) is 0 Å². The van der Waals surface area contributed by atoms with Crippen LogP contribution in [0, 0.1) is 12.8 Å². The second-order valence-corrected chi connectivity index (χ2v) is 7.31. The van der Waals surface area contributed by atoms with Crippen molar-refractivity contribution in [3.05, 3.63) is 34.4 Å². The summed E-state index contributed by atoms with van der Waals surface area (Å²) >= 11 is 0. The Hall–Kier alpha value is -1.44. The number of phenols is 2. The van der Waals surface area contributed by atoms with Gasteiger partial charge in [-0.2, -0.15) is 0 Å². The summed E-state index contributed by atoms with van der Waals surface area (Å²) in [6, 6.07) is 2.10. The molecule has 1 aliphatic carbocycles. The summed E-state index contributed by atoms with van der Waals surface area (Å²) in [5, 5.41) is 20.4. The number of aromatic hydroxyl groups is 2. The Balaban J connectivity index is 2.30. The number of hydrogen-bond acceptors (Lipinski definition) is 2. The number of aryl methyl sites for hydroxylation is 1. The highest BCUT2D eigenvalue weighted by atomic mass is 16.3. The summed E-state index contributed by atoms with van der Waals surface area (Å²) in [6.07, 6.45) is 6.86. The summed E-state index contributed by atoms with van der Waals surface area (Å²) in [5.41, 5.74) is 4.40. The normalized spacial score (nSPS) is 22.0. The van der Waals surface area contributed by atoms with Gasteiger partial charge >= 0.3 is 0 Å². The molecule has 122 valence electrons. The molecule has 0 saturated heterocycles. The maximum atomic E-state index is 10.4. The van der Waals surface area contributed by atoms with Crippen LogP contribution >= 0.6 is 0 Å². The van der Waals surface area contributed by atoms with Gasteiger partial charge in [-0.3, -0.25) is 0 Å². The van der Waals surface area contributed by atoms with E-state index in [1.54, 1.807) is 0 Å². The average molecular weight is 302 g/mol.